The molecular weight excluding hydrogens is 376 g/mol. The molecule has 10 nitrogen and oxygen atoms in total. The SMILES string of the molecule is COCCn1cnnc1C(C)NC(=O)CCc1nc(-c2ccccc2OC)no1. The summed E-state index contributed by atoms with van der Waals surface area (Å²) < 4.78 is 17.5. The maximum absolute atomic E-state index is 12.3. The first-order valence-electron chi connectivity index (χ1n) is 9.24. The molecule has 2 heterocycles. The molecule has 0 radical (unpaired) electrons. The molecule has 29 heavy (non-hydrogen) atoms. The van der Waals surface area contributed by atoms with Gasteiger partial charge in [-0.25, -0.2) is 0 Å². The van der Waals surface area contributed by atoms with E-state index in [1.54, 1.807) is 20.5 Å². The minimum absolute atomic E-state index is 0.143. The van der Waals surface area contributed by atoms with Gasteiger partial charge in [-0.05, 0) is 19.1 Å². The van der Waals surface area contributed by atoms with Gasteiger partial charge in [0.05, 0.1) is 25.3 Å². The average molecular weight is 400 g/mol. The number of methoxy groups -OCH3 is 2. The summed E-state index contributed by atoms with van der Waals surface area (Å²) in [5.74, 6) is 2.00. The van der Waals surface area contributed by atoms with E-state index >= 15 is 0 Å². The minimum atomic E-state index is -0.284. The first-order chi connectivity index (χ1) is 14.1. The number of rotatable bonds is 10. The van der Waals surface area contributed by atoms with Crippen LogP contribution in [0, 0.1) is 0 Å². The highest BCUT2D eigenvalue weighted by Crippen LogP contribution is 2.27. The van der Waals surface area contributed by atoms with Crippen molar-refractivity contribution in [3.8, 4) is 17.1 Å². The van der Waals surface area contributed by atoms with Crippen LogP contribution in [0.3, 0.4) is 0 Å². The lowest BCUT2D eigenvalue weighted by molar-refractivity contribution is -0.121. The Morgan fingerprint density at radius 3 is 2.93 bits per heavy atom. The number of benzene rings is 1. The maximum Gasteiger partial charge on any atom is 0.227 e. The summed E-state index contributed by atoms with van der Waals surface area (Å²) in [5, 5.41) is 14.9. The zero-order valence-electron chi connectivity index (χ0n) is 16.7. The van der Waals surface area contributed by atoms with Gasteiger partial charge in [0, 0.05) is 26.5 Å². The second-order valence-corrected chi connectivity index (χ2v) is 6.38. The van der Waals surface area contributed by atoms with Crippen molar-refractivity contribution in [2.75, 3.05) is 20.8 Å². The van der Waals surface area contributed by atoms with E-state index in [1.807, 2.05) is 35.8 Å². The van der Waals surface area contributed by atoms with Gasteiger partial charge in [0.25, 0.3) is 0 Å². The topological polar surface area (TPSA) is 117 Å². The fraction of sp³-hybridized carbons (Fsp3) is 0.421. The van der Waals surface area contributed by atoms with E-state index < -0.39 is 0 Å². The Bertz CT molecular complexity index is 938. The lowest BCUT2D eigenvalue weighted by Crippen LogP contribution is -2.29. The van der Waals surface area contributed by atoms with Crippen LogP contribution in [0.1, 0.15) is 31.1 Å². The number of carbonyl (C=O) groups excluding carboxylic acids is 1. The predicted molar refractivity (Wildman–Crippen MR) is 103 cm³/mol. The van der Waals surface area contributed by atoms with Crippen LogP contribution in [-0.2, 0) is 22.5 Å². The standard InChI is InChI=1S/C19H24N6O4/c1-13(19-23-20-12-25(19)10-11-27-2)21-16(26)8-9-17-22-18(24-29-17)14-6-4-5-7-15(14)28-3/h4-7,12-13H,8-11H2,1-3H3,(H,21,26). The van der Waals surface area contributed by atoms with Crippen LogP contribution in [0.25, 0.3) is 11.4 Å². The van der Waals surface area contributed by atoms with Crippen LogP contribution in [0.4, 0.5) is 0 Å². The number of nitrogens with one attached hydrogen (secondary N) is 1. The van der Waals surface area contributed by atoms with Gasteiger partial charge >= 0.3 is 0 Å². The number of amides is 1. The molecule has 0 fully saturated rings. The fourth-order valence-electron chi connectivity index (χ4n) is 2.86. The molecule has 0 saturated heterocycles. The Labute approximate surface area is 168 Å². The molecule has 1 unspecified atom stereocenters. The number of carbonyl (C=O) groups is 1. The number of aryl methyl sites for hydroxylation is 1. The summed E-state index contributed by atoms with van der Waals surface area (Å²) >= 11 is 0. The van der Waals surface area contributed by atoms with Gasteiger partial charge in [0.1, 0.15) is 12.1 Å². The number of para-hydroxylation sites is 1. The summed E-state index contributed by atoms with van der Waals surface area (Å²) in [6.45, 7) is 3.02. The van der Waals surface area contributed by atoms with Crippen molar-refractivity contribution in [1.82, 2.24) is 30.2 Å². The van der Waals surface area contributed by atoms with Crippen molar-refractivity contribution >= 4 is 5.91 Å². The fourth-order valence-corrected chi connectivity index (χ4v) is 2.86. The summed E-state index contributed by atoms with van der Waals surface area (Å²) in [6.07, 6.45) is 2.16. The Morgan fingerprint density at radius 1 is 1.31 bits per heavy atom. The lowest BCUT2D eigenvalue weighted by Gasteiger charge is -2.14. The minimum Gasteiger partial charge on any atom is -0.496 e. The van der Waals surface area contributed by atoms with E-state index in [0.29, 0.717) is 42.9 Å². The quantitative estimate of drug-likeness (QED) is 0.547. The zero-order chi connectivity index (χ0) is 20.6. The molecule has 0 aliphatic carbocycles. The second-order valence-electron chi connectivity index (χ2n) is 6.38. The molecule has 154 valence electrons. The molecule has 1 atom stereocenters. The molecule has 0 aliphatic heterocycles. The van der Waals surface area contributed by atoms with Crippen molar-refractivity contribution < 1.29 is 18.8 Å². The zero-order valence-corrected chi connectivity index (χ0v) is 16.7. The third kappa shape index (κ3) is 5.17. The van der Waals surface area contributed by atoms with Gasteiger partial charge in [0.2, 0.25) is 17.6 Å². The molecule has 0 saturated carbocycles. The number of ether oxygens (including phenoxy) is 2. The van der Waals surface area contributed by atoms with Crippen LogP contribution >= 0.6 is 0 Å². The van der Waals surface area contributed by atoms with Gasteiger partial charge < -0.3 is 23.9 Å². The average Bonchev–Trinajstić information content (AvgIpc) is 3.40. The van der Waals surface area contributed by atoms with Gasteiger partial charge in [-0.2, -0.15) is 4.98 Å². The number of hydrogen-bond donors (Lipinski definition) is 1. The monoisotopic (exact) mass is 400 g/mol. The molecule has 1 N–H and O–H groups in total. The van der Waals surface area contributed by atoms with E-state index in [9.17, 15) is 4.79 Å². The molecular formula is C19H24N6O4. The van der Waals surface area contributed by atoms with Crippen molar-refractivity contribution in [2.24, 2.45) is 0 Å². The number of nitrogens with zero attached hydrogens (tertiary/aromatic N) is 5. The van der Waals surface area contributed by atoms with Crippen LogP contribution in [0.15, 0.2) is 35.1 Å². The van der Waals surface area contributed by atoms with Crippen molar-refractivity contribution in [3.05, 3.63) is 42.3 Å². The summed E-state index contributed by atoms with van der Waals surface area (Å²) in [5.41, 5.74) is 0.735. The maximum atomic E-state index is 12.3. The smallest absolute Gasteiger partial charge is 0.227 e. The van der Waals surface area contributed by atoms with E-state index in [2.05, 4.69) is 25.7 Å². The van der Waals surface area contributed by atoms with Gasteiger partial charge in [-0.1, -0.05) is 17.3 Å². The molecule has 1 amide bonds. The Balaban J connectivity index is 1.55. The highest BCUT2D eigenvalue weighted by Gasteiger charge is 2.17. The van der Waals surface area contributed by atoms with Gasteiger partial charge in [0.15, 0.2) is 5.82 Å². The van der Waals surface area contributed by atoms with Crippen LogP contribution < -0.4 is 10.1 Å². The van der Waals surface area contributed by atoms with Crippen LogP contribution in [0.2, 0.25) is 0 Å². The Morgan fingerprint density at radius 2 is 2.14 bits per heavy atom. The number of hydrogen-bond acceptors (Lipinski definition) is 8. The molecule has 2 aromatic heterocycles. The molecule has 0 aliphatic rings. The van der Waals surface area contributed by atoms with E-state index in [-0.39, 0.29) is 18.4 Å². The molecule has 0 spiro atoms. The van der Waals surface area contributed by atoms with Gasteiger partial charge in [-0.15, -0.1) is 10.2 Å². The van der Waals surface area contributed by atoms with E-state index in [1.165, 1.54) is 0 Å². The summed E-state index contributed by atoms with van der Waals surface area (Å²) in [4.78, 5) is 16.7. The molecule has 0 bridgehead atoms. The van der Waals surface area contributed by atoms with Crippen molar-refractivity contribution in [2.45, 2.75) is 32.4 Å². The Hall–Kier alpha value is -3.27. The lowest BCUT2D eigenvalue weighted by atomic mass is 10.2. The van der Waals surface area contributed by atoms with Crippen molar-refractivity contribution in [1.29, 1.82) is 0 Å². The third-order valence-electron chi connectivity index (χ3n) is 4.33. The first-order valence-corrected chi connectivity index (χ1v) is 9.24. The largest absolute Gasteiger partial charge is 0.496 e. The van der Waals surface area contributed by atoms with E-state index in [4.69, 9.17) is 14.0 Å². The van der Waals surface area contributed by atoms with Crippen LogP contribution in [-0.4, -0.2) is 51.6 Å². The molecule has 3 rings (SSSR count). The normalized spacial score (nSPS) is 12.0. The Kier molecular flexibility index (Phi) is 6.90. The van der Waals surface area contributed by atoms with Crippen LogP contribution in [0.5, 0.6) is 5.75 Å². The van der Waals surface area contributed by atoms with Gasteiger partial charge in [-0.3, -0.25) is 4.79 Å². The summed E-state index contributed by atoms with van der Waals surface area (Å²) in [7, 11) is 3.22. The molecule has 1 aromatic carbocycles. The summed E-state index contributed by atoms with van der Waals surface area (Å²) in [6, 6.07) is 7.13. The number of aromatic nitrogens is 5. The molecule has 3 aromatic rings. The first kappa shape index (κ1) is 20.5. The van der Waals surface area contributed by atoms with Crippen molar-refractivity contribution in [3.63, 3.8) is 0 Å². The predicted octanol–water partition coefficient (Wildman–Crippen LogP) is 1.79. The van der Waals surface area contributed by atoms with E-state index in [0.717, 1.165) is 5.56 Å². The highest BCUT2D eigenvalue weighted by molar-refractivity contribution is 5.76. The second kappa shape index (κ2) is 9.78. The third-order valence-corrected chi connectivity index (χ3v) is 4.33. The molecule has 10 heteroatoms. The highest BCUT2D eigenvalue weighted by atomic mass is 16.5.